The minimum absolute atomic E-state index is 0.0771. The fourth-order valence-electron chi connectivity index (χ4n) is 1.86. The summed E-state index contributed by atoms with van der Waals surface area (Å²) < 4.78 is 27.4. The Bertz CT molecular complexity index is 485. The zero-order chi connectivity index (χ0) is 13.2. The Morgan fingerprint density at radius 3 is 2.33 bits per heavy atom. The lowest BCUT2D eigenvalue weighted by Gasteiger charge is -2.36. The Hall–Kier alpha value is -0.950. The molecule has 0 amide bonds. The van der Waals surface area contributed by atoms with Gasteiger partial charge in [-0.1, -0.05) is 30.3 Å². The van der Waals surface area contributed by atoms with Crippen LogP contribution in [0.1, 0.15) is 5.56 Å². The molecule has 2 rings (SSSR count). The van der Waals surface area contributed by atoms with Crippen molar-refractivity contribution in [2.24, 2.45) is 0 Å². The summed E-state index contributed by atoms with van der Waals surface area (Å²) in [5.74, 6) is 0. The van der Waals surface area contributed by atoms with Gasteiger partial charge in [-0.3, -0.25) is 0 Å². The molecule has 5 nitrogen and oxygen atoms in total. The van der Waals surface area contributed by atoms with Gasteiger partial charge in [-0.05, 0) is 5.56 Å². The van der Waals surface area contributed by atoms with Crippen molar-refractivity contribution in [2.45, 2.75) is 12.6 Å². The van der Waals surface area contributed by atoms with E-state index < -0.39 is 10.2 Å². The molecule has 18 heavy (non-hydrogen) atoms. The summed E-state index contributed by atoms with van der Waals surface area (Å²) in [6.45, 7) is 1.86. The summed E-state index contributed by atoms with van der Waals surface area (Å²) in [6, 6.07) is 9.68. The van der Waals surface area contributed by atoms with Crippen LogP contribution in [0.3, 0.4) is 0 Å². The molecule has 0 aromatic heterocycles. The normalized spacial score (nSPS) is 17.1. The second-order valence-corrected chi connectivity index (χ2v) is 6.67. The molecule has 1 aliphatic rings. The first-order chi connectivity index (χ1) is 8.51. The van der Waals surface area contributed by atoms with E-state index >= 15 is 0 Å². The van der Waals surface area contributed by atoms with Crippen LogP contribution in [0.15, 0.2) is 30.3 Å². The lowest BCUT2D eigenvalue weighted by atomic mass is 10.2. The molecular weight excluding hydrogens is 250 g/mol. The number of hydrogen-bond acceptors (Lipinski definition) is 3. The third kappa shape index (κ3) is 2.72. The molecule has 0 radical (unpaired) electrons. The van der Waals surface area contributed by atoms with Crippen LogP contribution >= 0.6 is 0 Å². The highest BCUT2D eigenvalue weighted by atomic mass is 32.2. The van der Waals surface area contributed by atoms with E-state index in [1.165, 1.54) is 8.61 Å². The van der Waals surface area contributed by atoms with Crippen LogP contribution in [-0.2, 0) is 16.8 Å². The minimum Gasteiger partial charge on any atom is -0.313 e. The maximum absolute atomic E-state index is 12.3. The zero-order valence-electron chi connectivity index (χ0n) is 10.7. The van der Waals surface area contributed by atoms with Crippen molar-refractivity contribution in [3.8, 4) is 0 Å². The highest BCUT2D eigenvalue weighted by Gasteiger charge is 2.33. The third-order valence-electron chi connectivity index (χ3n) is 3.28. The van der Waals surface area contributed by atoms with Crippen molar-refractivity contribution in [1.29, 1.82) is 0 Å². The molecule has 100 valence electrons. The molecule has 1 aromatic carbocycles. The van der Waals surface area contributed by atoms with Crippen molar-refractivity contribution in [2.75, 3.05) is 27.2 Å². The standard InChI is InChI=1S/C12H19N3O2S/c1-14(10-11-6-4-3-5-7-11)18(16,17)15(2)12-8-13-9-12/h3-7,12-13H,8-10H2,1-2H3. The van der Waals surface area contributed by atoms with Crippen LogP contribution in [0, 0.1) is 0 Å². The van der Waals surface area contributed by atoms with Gasteiger partial charge in [0.1, 0.15) is 0 Å². The van der Waals surface area contributed by atoms with Crippen LogP contribution in [0.2, 0.25) is 0 Å². The second-order valence-electron chi connectivity index (χ2n) is 4.58. The molecule has 1 N–H and O–H groups in total. The highest BCUT2D eigenvalue weighted by Crippen LogP contribution is 2.14. The number of hydrogen-bond donors (Lipinski definition) is 1. The fraction of sp³-hybridized carbons (Fsp3) is 0.500. The van der Waals surface area contributed by atoms with Gasteiger partial charge in [0.05, 0.1) is 6.04 Å². The average Bonchev–Trinajstić information content (AvgIpc) is 2.27. The molecule has 0 unspecified atom stereocenters. The highest BCUT2D eigenvalue weighted by molar-refractivity contribution is 7.86. The zero-order valence-corrected chi connectivity index (χ0v) is 11.5. The van der Waals surface area contributed by atoms with Gasteiger partial charge in [-0.25, -0.2) is 0 Å². The van der Waals surface area contributed by atoms with Crippen molar-refractivity contribution in [3.05, 3.63) is 35.9 Å². The maximum atomic E-state index is 12.3. The van der Waals surface area contributed by atoms with E-state index in [-0.39, 0.29) is 6.04 Å². The predicted molar refractivity (Wildman–Crippen MR) is 71.2 cm³/mol. The lowest BCUT2D eigenvalue weighted by Crippen LogP contribution is -2.59. The summed E-state index contributed by atoms with van der Waals surface area (Å²) in [5.41, 5.74) is 0.990. The lowest BCUT2D eigenvalue weighted by molar-refractivity contribution is 0.257. The van der Waals surface area contributed by atoms with Crippen molar-refractivity contribution < 1.29 is 8.42 Å². The molecule has 6 heteroatoms. The summed E-state index contributed by atoms with van der Waals surface area (Å²) in [6.07, 6.45) is 0. The van der Waals surface area contributed by atoms with E-state index in [0.717, 1.165) is 18.7 Å². The summed E-state index contributed by atoms with van der Waals surface area (Å²) >= 11 is 0. The SMILES string of the molecule is CN(Cc1ccccc1)S(=O)(=O)N(C)C1CNC1. The van der Waals surface area contributed by atoms with Crippen LogP contribution in [0.5, 0.6) is 0 Å². The van der Waals surface area contributed by atoms with Crippen LogP contribution in [-0.4, -0.2) is 50.3 Å². The Kier molecular flexibility index (Phi) is 4.01. The smallest absolute Gasteiger partial charge is 0.282 e. The van der Waals surface area contributed by atoms with E-state index in [1.54, 1.807) is 14.1 Å². The topological polar surface area (TPSA) is 52.7 Å². The molecule has 1 aromatic rings. The Morgan fingerprint density at radius 1 is 1.22 bits per heavy atom. The minimum atomic E-state index is -3.37. The molecule has 1 aliphatic heterocycles. The van der Waals surface area contributed by atoms with Gasteiger partial charge in [0.25, 0.3) is 10.2 Å². The van der Waals surface area contributed by atoms with E-state index in [2.05, 4.69) is 5.32 Å². The molecule has 0 spiro atoms. The molecule has 1 heterocycles. The van der Waals surface area contributed by atoms with Gasteiger partial charge in [0, 0.05) is 33.7 Å². The first-order valence-electron chi connectivity index (χ1n) is 5.96. The van der Waals surface area contributed by atoms with Crippen molar-refractivity contribution >= 4 is 10.2 Å². The molecule has 0 atom stereocenters. The van der Waals surface area contributed by atoms with E-state index in [4.69, 9.17) is 0 Å². The van der Waals surface area contributed by atoms with Gasteiger partial charge < -0.3 is 5.32 Å². The van der Waals surface area contributed by atoms with Gasteiger partial charge >= 0.3 is 0 Å². The van der Waals surface area contributed by atoms with Gasteiger partial charge in [0.2, 0.25) is 0 Å². The van der Waals surface area contributed by atoms with Crippen LogP contribution in [0.4, 0.5) is 0 Å². The molecule has 1 fully saturated rings. The van der Waals surface area contributed by atoms with E-state index in [1.807, 2.05) is 30.3 Å². The third-order valence-corrected chi connectivity index (χ3v) is 5.22. The number of likely N-dealkylation sites (N-methyl/N-ethyl adjacent to an activating group) is 1. The van der Waals surface area contributed by atoms with E-state index in [0.29, 0.717) is 6.54 Å². The number of nitrogens with one attached hydrogen (secondary N) is 1. The maximum Gasteiger partial charge on any atom is 0.282 e. The molecule has 0 bridgehead atoms. The van der Waals surface area contributed by atoms with Crippen molar-refractivity contribution in [1.82, 2.24) is 13.9 Å². The van der Waals surface area contributed by atoms with Gasteiger partial charge in [-0.2, -0.15) is 17.0 Å². The number of nitrogens with zero attached hydrogens (tertiary/aromatic N) is 2. The molecular formula is C12H19N3O2S. The van der Waals surface area contributed by atoms with Crippen LogP contribution in [0.25, 0.3) is 0 Å². The quantitative estimate of drug-likeness (QED) is 0.834. The average molecular weight is 269 g/mol. The number of rotatable bonds is 5. The summed E-state index contributed by atoms with van der Waals surface area (Å²) in [7, 11) is -0.113. The first-order valence-corrected chi connectivity index (χ1v) is 7.35. The van der Waals surface area contributed by atoms with Gasteiger partial charge in [-0.15, -0.1) is 0 Å². The predicted octanol–water partition coefficient (Wildman–Crippen LogP) is 0.267. The van der Waals surface area contributed by atoms with Crippen LogP contribution < -0.4 is 5.32 Å². The summed E-state index contributed by atoms with van der Waals surface area (Å²) in [5, 5.41) is 3.08. The Labute approximate surface area is 109 Å². The Morgan fingerprint density at radius 2 is 1.83 bits per heavy atom. The number of benzene rings is 1. The van der Waals surface area contributed by atoms with Gasteiger partial charge in [0.15, 0.2) is 0 Å². The Balaban J connectivity index is 2.05. The first kappa shape index (κ1) is 13.5. The molecule has 0 aliphatic carbocycles. The second kappa shape index (κ2) is 5.36. The summed E-state index contributed by atoms with van der Waals surface area (Å²) in [4.78, 5) is 0. The van der Waals surface area contributed by atoms with Crippen molar-refractivity contribution in [3.63, 3.8) is 0 Å². The largest absolute Gasteiger partial charge is 0.313 e. The molecule has 0 saturated carbocycles. The fourth-order valence-corrected chi connectivity index (χ4v) is 3.14. The molecule has 1 saturated heterocycles. The monoisotopic (exact) mass is 269 g/mol. The van der Waals surface area contributed by atoms with E-state index in [9.17, 15) is 8.42 Å².